The standard InChI is InChI=1S/C19H21N3O/c23-14-13-21(15-17-5-2-1-3-6-17)16-18-7-9-19(10-8-18)22-12-4-11-20-22/h1-12,23H,13-16H2. The maximum Gasteiger partial charge on any atom is 0.0645 e. The van der Waals surface area contributed by atoms with Gasteiger partial charge in [-0.15, -0.1) is 0 Å². The quantitative estimate of drug-likeness (QED) is 0.730. The number of aliphatic hydroxyl groups is 1. The Morgan fingerprint density at radius 2 is 1.57 bits per heavy atom. The molecule has 0 saturated heterocycles. The van der Waals surface area contributed by atoms with Gasteiger partial charge in [-0.1, -0.05) is 42.5 Å². The lowest BCUT2D eigenvalue weighted by atomic mass is 10.1. The van der Waals surface area contributed by atoms with E-state index in [-0.39, 0.29) is 6.61 Å². The summed E-state index contributed by atoms with van der Waals surface area (Å²) in [5.74, 6) is 0. The molecule has 0 bridgehead atoms. The van der Waals surface area contributed by atoms with Crippen LogP contribution < -0.4 is 0 Å². The van der Waals surface area contributed by atoms with Crippen LogP contribution in [0.1, 0.15) is 11.1 Å². The first-order valence-electron chi connectivity index (χ1n) is 7.81. The molecule has 0 radical (unpaired) electrons. The fourth-order valence-electron chi connectivity index (χ4n) is 2.63. The Bertz CT molecular complexity index is 693. The van der Waals surface area contributed by atoms with Crippen molar-refractivity contribution in [2.45, 2.75) is 13.1 Å². The molecule has 0 aliphatic rings. The first kappa shape index (κ1) is 15.5. The fourth-order valence-corrected chi connectivity index (χ4v) is 2.63. The van der Waals surface area contributed by atoms with E-state index >= 15 is 0 Å². The number of benzene rings is 2. The predicted molar refractivity (Wildman–Crippen MR) is 91.2 cm³/mol. The molecule has 4 nitrogen and oxygen atoms in total. The molecule has 118 valence electrons. The van der Waals surface area contributed by atoms with Crippen molar-refractivity contribution < 1.29 is 5.11 Å². The van der Waals surface area contributed by atoms with Gasteiger partial charge in [0.25, 0.3) is 0 Å². The summed E-state index contributed by atoms with van der Waals surface area (Å²) in [4.78, 5) is 2.25. The SMILES string of the molecule is OCCN(Cc1ccccc1)Cc1ccc(-n2cccn2)cc1. The van der Waals surface area contributed by atoms with E-state index in [4.69, 9.17) is 0 Å². The Morgan fingerprint density at radius 1 is 0.870 bits per heavy atom. The van der Waals surface area contributed by atoms with Gasteiger partial charge < -0.3 is 5.11 Å². The molecular formula is C19H21N3O. The highest BCUT2D eigenvalue weighted by Gasteiger charge is 2.07. The van der Waals surface area contributed by atoms with Crippen molar-refractivity contribution in [2.24, 2.45) is 0 Å². The van der Waals surface area contributed by atoms with Gasteiger partial charge in [0.05, 0.1) is 12.3 Å². The number of hydrogen-bond acceptors (Lipinski definition) is 3. The highest BCUT2D eigenvalue weighted by molar-refractivity contribution is 5.33. The van der Waals surface area contributed by atoms with Crippen molar-refractivity contribution in [3.63, 3.8) is 0 Å². The number of aliphatic hydroxyl groups excluding tert-OH is 1. The molecule has 2 aromatic carbocycles. The zero-order chi connectivity index (χ0) is 15.9. The van der Waals surface area contributed by atoms with E-state index in [1.54, 1.807) is 6.20 Å². The van der Waals surface area contributed by atoms with E-state index in [9.17, 15) is 5.11 Å². The van der Waals surface area contributed by atoms with E-state index in [0.29, 0.717) is 6.54 Å². The van der Waals surface area contributed by atoms with Crippen LogP contribution >= 0.6 is 0 Å². The fraction of sp³-hybridized carbons (Fsp3) is 0.211. The summed E-state index contributed by atoms with van der Waals surface area (Å²) >= 11 is 0. The van der Waals surface area contributed by atoms with Crippen LogP contribution in [-0.4, -0.2) is 32.9 Å². The maximum atomic E-state index is 9.31. The number of rotatable bonds is 7. The molecule has 23 heavy (non-hydrogen) atoms. The summed E-state index contributed by atoms with van der Waals surface area (Å²) in [7, 11) is 0. The molecule has 3 aromatic rings. The molecule has 3 rings (SSSR count). The lowest BCUT2D eigenvalue weighted by Gasteiger charge is -2.21. The van der Waals surface area contributed by atoms with Gasteiger partial charge in [-0.25, -0.2) is 4.68 Å². The van der Waals surface area contributed by atoms with Crippen molar-refractivity contribution >= 4 is 0 Å². The Balaban J connectivity index is 1.67. The molecule has 1 aromatic heterocycles. The van der Waals surface area contributed by atoms with E-state index in [2.05, 4.69) is 46.4 Å². The number of aromatic nitrogens is 2. The third-order valence-electron chi connectivity index (χ3n) is 3.78. The zero-order valence-corrected chi connectivity index (χ0v) is 13.0. The Morgan fingerprint density at radius 3 is 2.17 bits per heavy atom. The van der Waals surface area contributed by atoms with Crippen molar-refractivity contribution in [3.05, 3.63) is 84.2 Å². The van der Waals surface area contributed by atoms with Crippen LogP contribution in [0.2, 0.25) is 0 Å². The van der Waals surface area contributed by atoms with Gasteiger partial charge in [0.1, 0.15) is 0 Å². The van der Waals surface area contributed by atoms with Gasteiger partial charge in [-0.05, 0) is 29.3 Å². The van der Waals surface area contributed by atoms with Crippen LogP contribution in [0.5, 0.6) is 0 Å². The first-order chi connectivity index (χ1) is 11.3. The van der Waals surface area contributed by atoms with Crippen LogP contribution in [0.3, 0.4) is 0 Å². The van der Waals surface area contributed by atoms with Crippen LogP contribution in [0, 0.1) is 0 Å². The highest BCUT2D eigenvalue weighted by atomic mass is 16.3. The van der Waals surface area contributed by atoms with Gasteiger partial charge >= 0.3 is 0 Å². The lowest BCUT2D eigenvalue weighted by molar-refractivity contribution is 0.184. The largest absolute Gasteiger partial charge is 0.395 e. The summed E-state index contributed by atoms with van der Waals surface area (Å²) in [5.41, 5.74) is 3.54. The average Bonchev–Trinajstić information content (AvgIpc) is 3.11. The molecule has 0 aliphatic heterocycles. The smallest absolute Gasteiger partial charge is 0.0645 e. The maximum absolute atomic E-state index is 9.31. The highest BCUT2D eigenvalue weighted by Crippen LogP contribution is 2.13. The number of hydrogen-bond donors (Lipinski definition) is 1. The monoisotopic (exact) mass is 307 g/mol. The summed E-state index contributed by atoms with van der Waals surface area (Å²) < 4.78 is 1.85. The summed E-state index contributed by atoms with van der Waals surface area (Å²) in [5, 5.41) is 13.5. The molecule has 0 spiro atoms. The van der Waals surface area contributed by atoms with Crippen molar-refractivity contribution in [1.82, 2.24) is 14.7 Å². The van der Waals surface area contributed by atoms with Gasteiger partial charge in [0.2, 0.25) is 0 Å². The molecule has 0 fully saturated rings. The molecule has 0 saturated carbocycles. The Labute approximate surface area is 136 Å². The van der Waals surface area contributed by atoms with Gasteiger partial charge in [0, 0.05) is 32.0 Å². The third-order valence-corrected chi connectivity index (χ3v) is 3.78. The van der Waals surface area contributed by atoms with Crippen molar-refractivity contribution in [2.75, 3.05) is 13.2 Å². The van der Waals surface area contributed by atoms with E-state index in [0.717, 1.165) is 18.8 Å². The van der Waals surface area contributed by atoms with Gasteiger partial charge in [-0.3, -0.25) is 4.90 Å². The minimum atomic E-state index is 0.165. The minimum absolute atomic E-state index is 0.165. The van der Waals surface area contributed by atoms with Crippen LogP contribution in [0.4, 0.5) is 0 Å². The topological polar surface area (TPSA) is 41.3 Å². The second-order valence-corrected chi connectivity index (χ2v) is 5.54. The third kappa shape index (κ3) is 4.28. The molecule has 4 heteroatoms. The summed E-state index contributed by atoms with van der Waals surface area (Å²) in [6, 6.07) is 20.6. The second kappa shape index (κ2) is 7.72. The Hall–Kier alpha value is -2.43. The number of nitrogens with zero attached hydrogens (tertiary/aromatic N) is 3. The molecule has 0 amide bonds. The van der Waals surface area contributed by atoms with Gasteiger partial charge in [-0.2, -0.15) is 5.10 Å². The molecule has 0 aliphatic carbocycles. The van der Waals surface area contributed by atoms with E-state index < -0.39 is 0 Å². The Kier molecular flexibility index (Phi) is 5.19. The van der Waals surface area contributed by atoms with Crippen molar-refractivity contribution in [3.8, 4) is 5.69 Å². The second-order valence-electron chi connectivity index (χ2n) is 5.54. The average molecular weight is 307 g/mol. The molecule has 1 N–H and O–H groups in total. The zero-order valence-electron chi connectivity index (χ0n) is 13.0. The van der Waals surface area contributed by atoms with Crippen molar-refractivity contribution in [1.29, 1.82) is 0 Å². The summed E-state index contributed by atoms with van der Waals surface area (Å²) in [6.45, 7) is 2.48. The van der Waals surface area contributed by atoms with Crippen LogP contribution in [-0.2, 0) is 13.1 Å². The van der Waals surface area contributed by atoms with E-state index in [1.165, 1.54) is 11.1 Å². The summed E-state index contributed by atoms with van der Waals surface area (Å²) in [6.07, 6.45) is 3.71. The van der Waals surface area contributed by atoms with Crippen LogP contribution in [0.15, 0.2) is 73.1 Å². The first-order valence-corrected chi connectivity index (χ1v) is 7.81. The lowest BCUT2D eigenvalue weighted by Crippen LogP contribution is -2.26. The van der Waals surface area contributed by atoms with Gasteiger partial charge in [0.15, 0.2) is 0 Å². The normalized spacial score (nSPS) is 11.0. The molecule has 1 heterocycles. The van der Waals surface area contributed by atoms with Crippen LogP contribution in [0.25, 0.3) is 5.69 Å². The minimum Gasteiger partial charge on any atom is -0.395 e. The predicted octanol–water partition coefficient (Wildman–Crippen LogP) is 2.87. The molecular weight excluding hydrogens is 286 g/mol. The molecule has 0 atom stereocenters. The van der Waals surface area contributed by atoms with E-state index in [1.807, 2.05) is 35.1 Å². The molecule has 0 unspecified atom stereocenters.